The van der Waals surface area contributed by atoms with E-state index < -0.39 is 47.6 Å². The van der Waals surface area contributed by atoms with Crippen LogP contribution in [-0.2, 0) is 10.3 Å². The highest BCUT2D eigenvalue weighted by Gasteiger charge is 2.58. The highest BCUT2D eigenvalue weighted by molar-refractivity contribution is 7.80. The van der Waals surface area contributed by atoms with E-state index in [4.69, 9.17) is 17.0 Å². The minimum Gasteiger partial charge on any atom is -0.444 e. The number of nitrogens with one attached hydrogen (secondary N) is 2. The van der Waals surface area contributed by atoms with Crippen LogP contribution in [0.1, 0.15) is 39.2 Å². The smallest absolute Gasteiger partial charge is 0.412 e. The van der Waals surface area contributed by atoms with Gasteiger partial charge in [0, 0.05) is 24.1 Å². The number of rotatable bonds is 3. The van der Waals surface area contributed by atoms with Gasteiger partial charge in [0.05, 0.1) is 4.99 Å². The van der Waals surface area contributed by atoms with E-state index in [1.165, 1.54) is 6.07 Å². The Morgan fingerprint density at radius 2 is 2.04 bits per heavy atom. The molecular weight excluding hydrogens is 372 g/mol. The molecule has 0 saturated carbocycles. The molecule has 2 rings (SSSR count). The lowest BCUT2D eigenvalue weighted by molar-refractivity contribution is -0.109. The molecule has 4 nitrogen and oxygen atoms in total. The van der Waals surface area contributed by atoms with Gasteiger partial charge in [-0.25, -0.2) is 22.4 Å². The molecule has 1 aromatic carbocycles. The number of hydrogen-bond acceptors (Lipinski definition) is 3. The topological polar surface area (TPSA) is 50.4 Å². The largest absolute Gasteiger partial charge is 0.444 e. The summed E-state index contributed by atoms with van der Waals surface area (Å²) in [5, 5.41) is 4.60. The van der Waals surface area contributed by atoms with Crippen LogP contribution in [-0.4, -0.2) is 29.3 Å². The van der Waals surface area contributed by atoms with Crippen LogP contribution in [0.25, 0.3) is 0 Å². The van der Waals surface area contributed by atoms with Crippen molar-refractivity contribution in [2.24, 2.45) is 0 Å². The molecular formula is C17H20F4N2O2S. The summed E-state index contributed by atoms with van der Waals surface area (Å²) in [5.41, 5.74) is -4.02. The van der Waals surface area contributed by atoms with Crippen LogP contribution in [0.5, 0.6) is 0 Å². The Morgan fingerprint density at radius 3 is 2.62 bits per heavy atom. The molecule has 1 aliphatic rings. The van der Waals surface area contributed by atoms with Crippen LogP contribution in [0, 0.1) is 5.82 Å². The Kier molecular flexibility index (Phi) is 5.51. The Balaban J connectivity index is 2.42. The maximum absolute atomic E-state index is 14.5. The number of thiocarbonyl (C=S) groups is 1. The summed E-state index contributed by atoms with van der Waals surface area (Å²) in [6, 6.07) is 3.02. The summed E-state index contributed by atoms with van der Waals surface area (Å²) in [4.78, 5) is 11.9. The van der Waals surface area contributed by atoms with Crippen molar-refractivity contribution in [3.8, 4) is 0 Å². The zero-order valence-corrected chi connectivity index (χ0v) is 15.4. The van der Waals surface area contributed by atoms with Gasteiger partial charge >= 0.3 is 6.09 Å². The molecule has 1 amide bonds. The van der Waals surface area contributed by atoms with Crippen LogP contribution in [0.3, 0.4) is 0 Å². The van der Waals surface area contributed by atoms with Crippen molar-refractivity contribution in [1.82, 2.24) is 5.32 Å². The third-order valence-corrected chi connectivity index (χ3v) is 4.22. The summed E-state index contributed by atoms with van der Waals surface area (Å²) in [7, 11) is 0. The van der Waals surface area contributed by atoms with E-state index in [9.17, 15) is 22.4 Å². The fraction of sp³-hybridized carbons (Fsp3) is 0.529. The van der Waals surface area contributed by atoms with Crippen LogP contribution >= 0.6 is 12.2 Å². The molecule has 0 bridgehead atoms. The second-order valence-electron chi connectivity index (χ2n) is 7.11. The van der Waals surface area contributed by atoms with Crippen molar-refractivity contribution < 1.29 is 27.1 Å². The predicted molar refractivity (Wildman–Crippen MR) is 93.8 cm³/mol. The van der Waals surface area contributed by atoms with Crippen molar-refractivity contribution >= 4 is 29.0 Å². The lowest BCUT2D eigenvalue weighted by Crippen LogP contribution is -2.62. The molecule has 0 radical (unpaired) electrons. The van der Waals surface area contributed by atoms with Crippen molar-refractivity contribution in [2.45, 2.75) is 50.7 Å². The molecule has 144 valence electrons. The number of carbonyl (C=O) groups is 1. The van der Waals surface area contributed by atoms with E-state index in [2.05, 4.69) is 10.6 Å². The summed E-state index contributed by atoms with van der Waals surface area (Å²) in [5.74, 6) is -4.61. The number of alkyl halides is 3. The quantitative estimate of drug-likeness (QED) is 0.579. The number of piperidine rings is 1. The molecule has 1 saturated heterocycles. The number of hydrogen-bond donors (Lipinski definition) is 2. The third-order valence-electron chi connectivity index (χ3n) is 3.92. The fourth-order valence-electron chi connectivity index (χ4n) is 2.69. The first-order valence-corrected chi connectivity index (χ1v) is 8.36. The molecule has 0 aliphatic carbocycles. The molecule has 1 aliphatic heterocycles. The molecule has 1 aromatic rings. The molecule has 1 atom stereocenters. The zero-order valence-electron chi connectivity index (χ0n) is 14.6. The Labute approximate surface area is 154 Å². The standard InChI is InChI=1S/C17H20F4N2O2S/c1-15(2,3)25-14(24)22-10-4-5-12(19)11(8-10)16(9-18)17(20,21)7-6-13(26)23-16/h4-5,8H,6-7,9H2,1-3H3,(H,22,24)(H,23,26)/t16-/m1/s1. The van der Waals surface area contributed by atoms with Crippen molar-refractivity contribution in [2.75, 3.05) is 12.0 Å². The van der Waals surface area contributed by atoms with Crippen LogP contribution in [0.2, 0.25) is 0 Å². The van der Waals surface area contributed by atoms with Crippen molar-refractivity contribution in [1.29, 1.82) is 0 Å². The first-order valence-electron chi connectivity index (χ1n) is 7.95. The monoisotopic (exact) mass is 392 g/mol. The van der Waals surface area contributed by atoms with E-state index in [0.717, 1.165) is 12.1 Å². The van der Waals surface area contributed by atoms with Gasteiger partial charge in [0.2, 0.25) is 0 Å². The van der Waals surface area contributed by atoms with Crippen LogP contribution in [0.4, 0.5) is 28.0 Å². The number of halogens is 4. The van der Waals surface area contributed by atoms with Gasteiger partial charge in [-0.15, -0.1) is 0 Å². The van der Waals surface area contributed by atoms with Gasteiger partial charge < -0.3 is 10.1 Å². The maximum Gasteiger partial charge on any atom is 0.412 e. The van der Waals surface area contributed by atoms with Crippen LogP contribution < -0.4 is 10.6 Å². The number of benzene rings is 1. The van der Waals surface area contributed by atoms with Crippen molar-refractivity contribution in [3.05, 3.63) is 29.6 Å². The molecule has 0 aromatic heterocycles. The predicted octanol–water partition coefficient (Wildman–Crippen LogP) is 4.68. The van der Waals surface area contributed by atoms with E-state index in [0.29, 0.717) is 0 Å². The van der Waals surface area contributed by atoms with Gasteiger partial charge in [-0.05, 0) is 39.0 Å². The normalized spacial score (nSPS) is 22.5. The minimum absolute atomic E-state index is 0.00225. The number of anilines is 1. The average Bonchev–Trinajstić information content (AvgIpc) is 2.50. The first-order chi connectivity index (χ1) is 11.9. The van der Waals surface area contributed by atoms with Gasteiger partial charge in [-0.3, -0.25) is 5.32 Å². The Morgan fingerprint density at radius 1 is 1.38 bits per heavy atom. The Bertz CT molecular complexity index is 721. The van der Waals surface area contributed by atoms with Gasteiger partial charge in [-0.2, -0.15) is 0 Å². The van der Waals surface area contributed by atoms with Gasteiger partial charge in [0.1, 0.15) is 18.1 Å². The molecule has 0 spiro atoms. The average molecular weight is 392 g/mol. The van der Waals surface area contributed by atoms with Gasteiger partial charge in [-0.1, -0.05) is 12.2 Å². The molecule has 9 heteroatoms. The highest BCUT2D eigenvalue weighted by atomic mass is 32.1. The van der Waals surface area contributed by atoms with Gasteiger partial charge in [0.25, 0.3) is 5.92 Å². The number of amides is 1. The van der Waals surface area contributed by atoms with E-state index in [1.54, 1.807) is 20.8 Å². The summed E-state index contributed by atoms with van der Waals surface area (Å²) >= 11 is 4.91. The van der Waals surface area contributed by atoms with E-state index in [-0.39, 0.29) is 17.1 Å². The minimum atomic E-state index is -3.57. The fourth-order valence-corrected chi connectivity index (χ4v) is 2.97. The van der Waals surface area contributed by atoms with E-state index >= 15 is 0 Å². The molecule has 1 fully saturated rings. The lowest BCUT2D eigenvalue weighted by Gasteiger charge is -2.44. The first kappa shape index (κ1) is 20.4. The summed E-state index contributed by atoms with van der Waals surface area (Å²) in [6.45, 7) is 3.36. The van der Waals surface area contributed by atoms with E-state index in [1.807, 2.05) is 0 Å². The van der Waals surface area contributed by atoms with Gasteiger partial charge in [0.15, 0.2) is 5.54 Å². The second kappa shape index (κ2) is 7.02. The maximum atomic E-state index is 14.5. The molecule has 1 heterocycles. The SMILES string of the molecule is CC(C)(C)OC(=O)Nc1ccc(F)c([C@@]2(CF)NC(=S)CCC2(F)F)c1. The summed E-state index contributed by atoms with van der Waals surface area (Å²) < 4.78 is 62.3. The number of ether oxygens (including phenoxy) is 1. The zero-order chi connectivity index (χ0) is 19.8. The Hall–Kier alpha value is -1.90. The third kappa shape index (κ3) is 4.08. The number of carbonyl (C=O) groups excluding carboxylic acids is 1. The second-order valence-corrected chi connectivity index (χ2v) is 7.61. The highest BCUT2D eigenvalue weighted by Crippen LogP contribution is 2.45. The molecule has 0 unspecified atom stereocenters. The molecule has 2 N–H and O–H groups in total. The lowest BCUT2D eigenvalue weighted by atomic mass is 9.79. The molecule has 26 heavy (non-hydrogen) atoms. The summed E-state index contributed by atoms with van der Waals surface area (Å²) in [6.07, 6.45) is -1.67. The van der Waals surface area contributed by atoms with Crippen LogP contribution in [0.15, 0.2) is 18.2 Å². The van der Waals surface area contributed by atoms with Crippen molar-refractivity contribution in [3.63, 3.8) is 0 Å².